The van der Waals surface area contributed by atoms with Crippen molar-refractivity contribution in [1.82, 2.24) is 14.8 Å². The number of ether oxygens (including phenoxy) is 1. The number of carbonyl (C=O) groups excluding carboxylic acids is 3. The van der Waals surface area contributed by atoms with Crippen LogP contribution in [0.15, 0.2) is 5.38 Å². The Bertz CT molecular complexity index is 873. The largest absolute Gasteiger partial charge is 0.461 e. The molecule has 1 aromatic heterocycles. The van der Waals surface area contributed by atoms with E-state index in [0.717, 1.165) is 32.2 Å². The molecule has 0 radical (unpaired) electrons. The van der Waals surface area contributed by atoms with E-state index in [1.54, 1.807) is 24.3 Å². The highest BCUT2D eigenvalue weighted by Crippen LogP contribution is 2.30. The maximum absolute atomic E-state index is 13.8. The van der Waals surface area contributed by atoms with Gasteiger partial charge in [0.05, 0.1) is 12.6 Å². The van der Waals surface area contributed by atoms with E-state index in [1.165, 1.54) is 11.3 Å². The zero-order chi connectivity index (χ0) is 27.0. The lowest BCUT2D eigenvalue weighted by Gasteiger charge is -2.37. The molecule has 0 spiro atoms. The lowest BCUT2D eigenvalue weighted by molar-refractivity contribution is -0.143. The topological polar surface area (TPSA) is 100 Å². The van der Waals surface area contributed by atoms with E-state index in [4.69, 9.17) is 4.74 Å². The first kappa shape index (κ1) is 30.4. The van der Waals surface area contributed by atoms with Crippen LogP contribution < -0.4 is 0 Å². The molecule has 1 amide bonds. The van der Waals surface area contributed by atoms with E-state index in [9.17, 15) is 19.5 Å². The number of likely N-dealkylation sites (tertiary alicyclic amines) is 1. The average Bonchev–Trinajstić information content (AvgIpc) is 3.35. The minimum absolute atomic E-state index is 0.0478. The molecule has 0 aliphatic carbocycles. The van der Waals surface area contributed by atoms with Gasteiger partial charge in [-0.3, -0.25) is 14.5 Å². The normalized spacial score (nSPS) is 20.0. The van der Waals surface area contributed by atoms with Crippen molar-refractivity contribution < 1.29 is 24.2 Å². The number of Topliss-reactive ketones (excluding diaryl/α,β-unsaturated/α-hetero) is 1. The van der Waals surface area contributed by atoms with Crippen molar-refractivity contribution in [3.8, 4) is 0 Å². The van der Waals surface area contributed by atoms with Crippen LogP contribution in [0.5, 0.6) is 0 Å². The van der Waals surface area contributed by atoms with Crippen LogP contribution in [0.25, 0.3) is 0 Å². The Kier molecular flexibility index (Phi) is 12.0. The fourth-order valence-electron chi connectivity index (χ4n) is 5.02. The number of thiazole rings is 1. The Morgan fingerprint density at radius 3 is 2.53 bits per heavy atom. The summed E-state index contributed by atoms with van der Waals surface area (Å²) in [6.45, 7) is 11.0. The molecule has 1 aliphatic rings. The van der Waals surface area contributed by atoms with Gasteiger partial charge in [-0.25, -0.2) is 9.78 Å². The van der Waals surface area contributed by atoms with Gasteiger partial charge in [-0.1, -0.05) is 40.5 Å². The van der Waals surface area contributed by atoms with Gasteiger partial charge in [0.15, 0.2) is 11.5 Å². The molecule has 2 rings (SSSR count). The van der Waals surface area contributed by atoms with Gasteiger partial charge < -0.3 is 14.7 Å². The van der Waals surface area contributed by atoms with Gasteiger partial charge in [0.2, 0.25) is 5.91 Å². The van der Waals surface area contributed by atoms with Crippen LogP contribution in [0, 0.1) is 17.8 Å². The highest BCUT2D eigenvalue weighted by atomic mass is 32.1. The van der Waals surface area contributed by atoms with Crippen LogP contribution in [0.2, 0.25) is 0 Å². The molecule has 1 unspecified atom stereocenters. The Balaban J connectivity index is 2.15. The number of likely N-dealkylation sites (N-methyl/N-ethyl adjacent to an activating group) is 1. The van der Waals surface area contributed by atoms with E-state index in [1.807, 2.05) is 27.8 Å². The molecule has 2 heterocycles. The Hall–Kier alpha value is -1.84. The molecular formula is C27H45N3O5S. The predicted molar refractivity (Wildman–Crippen MR) is 142 cm³/mol. The van der Waals surface area contributed by atoms with E-state index in [0.29, 0.717) is 11.4 Å². The van der Waals surface area contributed by atoms with E-state index in [2.05, 4.69) is 16.8 Å². The smallest absolute Gasteiger partial charge is 0.357 e. The summed E-state index contributed by atoms with van der Waals surface area (Å²) in [4.78, 5) is 47.1. The summed E-state index contributed by atoms with van der Waals surface area (Å²) in [5.41, 5.74) is 0.185. The minimum Gasteiger partial charge on any atom is -0.461 e. The molecule has 5 atom stereocenters. The number of carbonyl (C=O) groups is 3. The number of aliphatic hydroxyl groups is 1. The van der Waals surface area contributed by atoms with Gasteiger partial charge in [-0.05, 0) is 45.2 Å². The number of hydrogen-bond acceptors (Lipinski definition) is 8. The summed E-state index contributed by atoms with van der Waals surface area (Å²) < 4.78 is 4.99. The Labute approximate surface area is 220 Å². The number of ketones is 1. The van der Waals surface area contributed by atoms with E-state index >= 15 is 0 Å². The molecular weight excluding hydrogens is 478 g/mol. The van der Waals surface area contributed by atoms with Crippen LogP contribution in [0.1, 0.15) is 94.7 Å². The Morgan fingerprint density at radius 1 is 1.25 bits per heavy atom. The molecule has 0 saturated carbocycles. The molecule has 1 fully saturated rings. The van der Waals surface area contributed by atoms with Gasteiger partial charge in [-0.2, -0.15) is 0 Å². The predicted octanol–water partition coefficient (Wildman–Crippen LogP) is 4.33. The molecule has 9 heteroatoms. The third kappa shape index (κ3) is 7.83. The second-order valence-electron chi connectivity index (χ2n) is 10.5. The first-order valence-corrected chi connectivity index (χ1v) is 14.2. The van der Waals surface area contributed by atoms with E-state index in [-0.39, 0.29) is 54.3 Å². The van der Waals surface area contributed by atoms with Crippen LogP contribution >= 0.6 is 11.3 Å². The second-order valence-corrected chi connectivity index (χ2v) is 11.3. The summed E-state index contributed by atoms with van der Waals surface area (Å²) in [6.07, 6.45) is 3.44. The lowest BCUT2D eigenvalue weighted by atomic mass is 9.83. The van der Waals surface area contributed by atoms with Gasteiger partial charge >= 0.3 is 5.97 Å². The number of aliphatic hydroxyl groups excluding tert-OH is 1. The fourth-order valence-corrected chi connectivity index (χ4v) is 5.81. The van der Waals surface area contributed by atoms with Crippen LogP contribution in [0.4, 0.5) is 0 Å². The van der Waals surface area contributed by atoms with Crippen molar-refractivity contribution in [2.45, 2.75) is 91.3 Å². The second kappa shape index (κ2) is 14.2. The average molecular weight is 524 g/mol. The summed E-state index contributed by atoms with van der Waals surface area (Å²) in [5, 5.41) is 12.9. The number of aromatic nitrogens is 1. The highest BCUT2D eigenvalue weighted by Gasteiger charge is 2.36. The zero-order valence-electron chi connectivity index (χ0n) is 23.0. The number of amides is 1. The summed E-state index contributed by atoms with van der Waals surface area (Å²) in [7, 11) is 3.77. The van der Waals surface area contributed by atoms with Gasteiger partial charge in [0.25, 0.3) is 0 Å². The van der Waals surface area contributed by atoms with Crippen molar-refractivity contribution in [3.05, 3.63) is 16.1 Å². The summed E-state index contributed by atoms with van der Waals surface area (Å²) in [5.74, 6) is -0.647. The number of piperidine rings is 1. The molecule has 36 heavy (non-hydrogen) atoms. The molecule has 0 bridgehead atoms. The number of esters is 1. The van der Waals surface area contributed by atoms with Crippen LogP contribution in [-0.2, 0) is 14.3 Å². The molecule has 0 aromatic carbocycles. The zero-order valence-corrected chi connectivity index (χ0v) is 23.8. The quantitative estimate of drug-likeness (QED) is 0.384. The maximum atomic E-state index is 13.8. The van der Waals surface area contributed by atoms with Gasteiger partial charge in [0.1, 0.15) is 11.1 Å². The number of nitrogens with zero attached hydrogens (tertiary/aromatic N) is 3. The SMILES string of the molecule is CCOC(=O)c1csc([C@H](O)C[C@H](C(C)C)N(C)C(=O)[C@@H](CC(=O)C2CCCCN2C)[C@@H](C)CC)n1. The molecule has 1 N–H and O–H groups in total. The molecule has 1 aliphatic heterocycles. The standard InChI is InChI=1S/C27H45N3O5S/c1-8-18(5)19(14-23(31)21-12-10-11-13-29(21)6)26(33)30(7)22(17(3)4)15-24(32)25-28-20(16-36-25)27(34)35-9-2/h16-19,21-22,24,32H,8-15H2,1-7H3/t18-,19-,21?,22+,24+/m0/s1. The maximum Gasteiger partial charge on any atom is 0.357 e. The first-order valence-electron chi connectivity index (χ1n) is 13.3. The Morgan fingerprint density at radius 2 is 1.94 bits per heavy atom. The number of hydrogen-bond donors (Lipinski definition) is 1. The third-order valence-electron chi connectivity index (χ3n) is 7.58. The fraction of sp³-hybridized carbons (Fsp3) is 0.778. The molecule has 1 aromatic rings. The van der Waals surface area contributed by atoms with Crippen molar-refractivity contribution in [2.24, 2.45) is 17.8 Å². The monoisotopic (exact) mass is 523 g/mol. The first-order chi connectivity index (χ1) is 17.0. The third-order valence-corrected chi connectivity index (χ3v) is 8.53. The highest BCUT2D eigenvalue weighted by molar-refractivity contribution is 7.09. The minimum atomic E-state index is -0.916. The van der Waals surface area contributed by atoms with E-state index < -0.39 is 18.0 Å². The lowest BCUT2D eigenvalue weighted by Crippen LogP contribution is -2.48. The van der Waals surface area contributed by atoms with Crippen LogP contribution in [0.3, 0.4) is 0 Å². The van der Waals surface area contributed by atoms with Crippen molar-refractivity contribution in [1.29, 1.82) is 0 Å². The van der Waals surface area contributed by atoms with Crippen molar-refractivity contribution >= 4 is 29.0 Å². The van der Waals surface area contributed by atoms with Gasteiger partial charge in [-0.15, -0.1) is 11.3 Å². The van der Waals surface area contributed by atoms with Gasteiger partial charge in [0, 0.05) is 37.2 Å². The summed E-state index contributed by atoms with van der Waals surface area (Å²) >= 11 is 1.21. The molecule has 204 valence electrons. The van der Waals surface area contributed by atoms with Crippen LogP contribution in [-0.4, -0.2) is 76.9 Å². The van der Waals surface area contributed by atoms with Crippen molar-refractivity contribution in [2.75, 3.05) is 27.2 Å². The van der Waals surface area contributed by atoms with Crippen molar-refractivity contribution in [3.63, 3.8) is 0 Å². The summed E-state index contributed by atoms with van der Waals surface area (Å²) in [6, 6.07) is -0.355. The molecule has 8 nitrogen and oxygen atoms in total. The number of rotatable bonds is 13. The molecule has 1 saturated heterocycles.